The summed E-state index contributed by atoms with van der Waals surface area (Å²) in [6.07, 6.45) is 0.873. The van der Waals surface area contributed by atoms with Gasteiger partial charge >= 0.3 is 0 Å². The molecule has 3 N–H and O–H groups in total. The van der Waals surface area contributed by atoms with Crippen LogP contribution in [0.1, 0.15) is 18.9 Å². The molecule has 0 aliphatic rings. The SMILES string of the molecule is C=C(CC)c1cc(N)c(NC)cc1Cl. The second-order valence-electron chi connectivity index (χ2n) is 3.13. The van der Waals surface area contributed by atoms with Gasteiger partial charge in [-0.25, -0.2) is 0 Å². The summed E-state index contributed by atoms with van der Waals surface area (Å²) < 4.78 is 0. The zero-order valence-corrected chi connectivity index (χ0v) is 9.28. The molecule has 0 heterocycles. The molecule has 1 aromatic rings. The number of nitrogens with two attached hydrogens (primary N) is 1. The van der Waals surface area contributed by atoms with Crippen molar-refractivity contribution in [2.45, 2.75) is 13.3 Å². The van der Waals surface area contributed by atoms with Crippen LogP contribution in [0.15, 0.2) is 18.7 Å². The van der Waals surface area contributed by atoms with Gasteiger partial charge < -0.3 is 11.1 Å². The molecule has 1 rings (SSSR count). The summed E-state index contributed by atoms with van der Waals surface area (Å²) in [6, 6.07) is 3.69. The highest BCUT2D eigenvalue weighted by molar-refractivity contribution is 6.32. The maximum atomic E-state index is 6.10. The van der Waals surface area contributed by atoms with Gasteiger partial charge in [0, 0.05) is 7.05 Å². The van der Waals surface area contributed by atoms with Crippen molar-refractivity contribution in [3.05, 3.63) is 29.3 Å². The average Bonchev–Trinajstić information content (AvgIpc) is 2.19. The molecule has 0 amide bonds. The number of hydrogen-bond donors (Lipinski definition) is 2. The molecule has 3 heteroatoms. The van der Waals surface area contributed by atoms with E-state index in [1.54, 1.807) is 0 Å². The van der Waals surface area contributed by atoms with Gasteiger partial charge in [0.05, 0.1) is 16.4 Å². The molecular formula is C11H15ClN2. The van der Waals surface area contributed by atoms with E-state index >= 15 is 0 Å². The summed E-state index contributed by atoms with van der Waals surface area (Å²) >= 11 is 6.10. The summed E-state index contributed by atoms with van der Waals surface area (Å²) in [5.74, 6) is 0. The van der Waals surface area contributed by atoms with Gasteiger partial charge in [0.2, 0.25) is 0 Å². The summed E-state index contributed by atoms with van der Waals surface area (Å²) in [4.78, 5) is 0. The van der Waals surface area contributed by atoms with Crippen LogP contribution in [0.4, 0.5) is 11.4 Å². The molecular weight excluding hydrogens is 196 g/mol. The largest absolute Gasteiger partial charge is 0.397 e. The highest BCUT2D eigenvalue weighted by Gasteiger charge is 2.07. The second kappa shape index (κ2) is 4.38. The lowest BCUT2D eigenvalue weighted by molar-refractivity contribution is 1.24. The smallest absolute Gasteiger partial charge is 0.0586 e. The number of halogens is 1. The standard InChI is InChI=1S/C11H15ClN2/c1-4-7(2)8-5-10(13)11(14-3)6-9(8)12/h5-6,14H,2,4,13H2,1,3H3. The van der Waals surface area contributed by atoms with Crippen LogP contribution in [-0.2, 0) is 0 Å². The van der Waals surface area contributed by atoms with E-state index in [2.05, 4.69) is 11.9 Å². The first-order chi connectivity index (χ1) is 6.60. The molecule has 0 unspecified atom stereocenters. The fourth-order valence-corrected chi connectivity index (χ4v) is 1.57. The Morgan fingerprint density at radius 2 is 2.21 bits per heavy atom. The van der Waals surface area contributed by atoms with Gasteiger partial charge in [-0.05, 0) is 29.7 Å². The number of rotatable bonds is 3. The predicted molar refractivity (Wildman–Crippen MR) is 64.7 cm³/mol. The van der Waals surface area contributed by atoms with Gasteiger partial charge in [-0.15, -0.1) is 0 Å². The normalized spacial score (nSPS) is 9.93. The minimum Gasteiger partial charge on any atom is -0.397 e. The molecule has 1 aromatic carbocycles. The maximum absolute atomic E-state index is 6.10. The molecule has 0 radical (unpaired) electrons. The van der Waals surface area contributed by atoms with Gasteiger partial charge in [0.25, 0.3) is 0 Å². The van der Waals surface area contributed by atoms with Crippen LogP contribution in [0.5, 0.6) is 0 Å². The van der Waals surface area contributed by atoms with Crippen molar-refractivity contribution in [2.75, 3.05) is 18.1 Å². The van der Waals surface area contributed by atoms with Crippen molar-refractivity contribution in [3.8, 4) is 0 Å². The molecule has 0 spiro atoms. The summed E-state index contributed by atoms with van der Waals surface area (Å²) in [6.45, 7) is 5.98. The highest BCUT2D eigenvalue weighted by Crippen LogP contribution is 2.31. The summed E-state index contributed by atoms with van der Waals surface area (Å²) in [7, 11) is 1.82. The van der Waals surface area contributed by atoms with E-state index in [9.17, 15) is 0 Å². The van der Waals surface area contributed by atoms with Crippen LogP contribution in [0.3, 0.4) is 0 Å². The van der Waals surface area contributed by atoms with Crippen molar-refractivity contribution in [2.24, 2.45) is 0 Å². The zero-order valence-electron chi connectivity index (χ0n) is 8.52. The topological polar surface area (TPSA) is 38.0 Å². The molecule has 0 saturated carbocycles. The Hall–Kier alpha value is -1.15. The fraction of sp³-hybridized carbons (Fsp3) is 0.273. The fourth-order valence-electron chi connectivity index (χ4n) is 1.27. The van der Waals surface area contributed by atoms with Crippen LogP contribution in [0.2, 0.25) is 5.02 Å². The predicted octanol–water partition coefficient (Wildman–Crippen LogP) is 3.39. The highest BCUT2D eigenvalue weighted by atomic mass is 35.5. The maximum Gasteiger partial charge on any atom is 0.0586 e. The van der Waals surface area contributed by atoms with E-state index in [0.29, 0.717) is 10.7 Å². The third-order valence-electron chi connectivity index (χ3n) is 2.22. The second-order valence-corrected chi connectivity index (χ2v) is 3.53. The molecule has 0 fully saturated rings. The summed E-state index contributed by atoms with van der Waals surface area (Å²) in [5.41, 5.74) is 9.32. The van der Waals surface area contributed by atoms with Crippen molar-refractivity contribution < 1.29 is 0 Å². The Kier molecular flexibility index (Phi) is 3.42. The van der Waals surface area contributed by atoms with E-state index in [0.717, 1.165) is 23.2 Å². The Balaban J connectivity index is 3.21. The minimum absolute atomic E-state index is 0.690. The Morgan fingerprint density at radius 3 is 2.71 bits per heavy atom. The first kappa shape index (κ1) is 10.9. The monoisotopic (exact) mass is 210 g/mol. The number of benzene rings is 1. The van der Waals surface area contributed by atoms with Gasteiger partial charge in [0.1, 0.15) is 0 Å². The van der Waals surface area contributed by atoms with Gasteiger partial charge in [-0.1, -0.05) is 25.1 Å². The molecule has 0 aromatic heterocycles. The van der Waals surface area contributed by atoms with Gasteiger partial charge in [0.15, 0.2) is 0 Å². The number of nitrogens with one attached hydrogen (secondary N) is 1. The lowest BCUT2D eigenvalue weighted by atomic mass is 10.0. The quantitative estimate of drug-likeness (QED) is 0.751. The van der Waals surface area contributed by atoms with Crippen LogP contribution in [0, 0.1) is 0 Å². The van der Waals surface area contributed by atoms with Crippen LogP contribution in [-0.4, -0.2) is 7.05 Å². The Morgan fingerprint density at radius 1 is 1.57 bits per heavy atom. The molecule has 0 aliphatic heterocycles. The number of allylic oxidation sites excluding steroid dienone is 1. The van der Waals surface area contributed by atoms with Crippen molar-refractivity contribution in [3.63, 3.8) is 0 Å². The molecule has 2 nitrogen and oxygen atoms in total. The third kappa shape index (κ3) is 2.02. The number of hydrogen-bond acceptors (Lipinski definition) is 2. The van der Waals surface area contributed by atoms with Crippen LogP contribution in [0.25, 0.3) is 5.57 Å². The van der Waals surface area contributed by atoms with E-state index in [-0.39, 0.29) is 0 Å². The first-order valence-corrected chi connectivity index (χ1v) is 4.92. The molecule has 0 atom stereocenters. The van der Waals surface area contributed by atoms with E-state index in [4.69, 9.17) is 17.3 Å². The number of nitrogen functional groups attached to an aromatic ring is 1. The Bertz CT molecular complexity index is 359. The molecule has 76 valence electrons. The van der Waals surface area contributed by atoms with Gasteiger partial charge in [-0.2, -0.15) is 0 Å². The molecule has 0 aliphatic carbocycles. The van der Waals surface area contributed by atoms with Crippen LogP contribution < -0.4 is 11.1 Å². The molecule has 0 saturated heterocycles. The van der Waals surface area contributed by atoms with Gasteiger partial charge in [-0.3, -0.25) is 0 Å². The average molecular weight is 211 g/mol. The van der Waals surface area contributed by atoms with Crippen LogP contribution >= 0.6 is 11.6 Å². The van der Waals surface area contributed by atoms with Crippen molar-refractivity contribution in [1.82, 2.24) is 0 Å². The Labute approximate surface area is 89.8 Å². The lowest BCUT2D eigenvalue weighted by Crippen LogP contribution is -1.97. The lowest BCUT2D eigenvalue weighted by Gasteiger charge is -2.11. The third-order valence-corrected chi connectivity index (χ3v) is 2.53. The molecule has 0 bridgehead atoms. The summed E-state index contributed by atoms with van der Waals surface area (Å²) in [5, 5.41) is 3.67. The number of anilines is 2. The van der Waals surface area contributed by atoms with Crippen molar-refractivity contribution >= 4 is 28.5 Å². The first-order valence-electron chi connectivity index (χ1n) is 4.55. The van der Waals surface area contributed by atoms with E-state index in [1.165, 1.54) is 0 Å². The zero-order chi connectivity index (χ0) is 10.7. The minimum atomic E-state index is 0.690. The van der Waals surface area contributed by atoms with E-state index < -0.39 is 0 Å². The molecule has 14 heavy (non-hydrogen) atoms. The van der Waals surface area contributed by atoms with E-state index in [1.807, 2.05) is 26.1 Å². The van der Waals surface area contributed by atoms with Crippen molar-refractivity contribution in [1.29, 1.82) is 0 Å².